The van der Waals surface area contributed by atoms with Crippen molar-refractivity contribution in [3.63, 3.8) is 0 Å². The van der Waals surface area contributed by atoms with Gasteiger partial charge in [-0.3, -0.25) is 10.1 Å². The first-order chi connectivity index (χ1) is 9.93. The van der Waals surface area contributed by atoms with Gasteiger partial charge in [-0.05, 0) is 30.3 Å². The van der Waals surface area contributed by atoms with Gasteiger partial charge < -0.3 is 4.90 Å². The average molecular weight is 306 g/mol. The molecule has 0 atom stereocenters. The van der Waals surface area contributed by atoms with Crippen LogP contribution >= 0.6 is 11.6 Å². The molecule has 0 bridgehead atoms. The van der Waals surface area contributed by atoms with Crippen molar-refractivity contribution in [2.45, 2.75) is 0 Å². The Kier molecular flexibility index (Phi) is 4.05. The van der Waals surface area contributed by atoms with Crippen LogP contribution in [0.2, 0.25) is 5.02 Å². The molecule has 2 aromatic carbocycles. The molecule has 0 aliphatic carbocycles. The summed E-state index contributed by atoms with van der Waals surface area (Å²) >= 11 is 5.70. The third-order valence-electron chi connectivity index (χ3n) is 2.96. The Bertz CT molecular complexity index is 741. The number of halogens is 2. The number of nitro benzene ring substituents is 1. The number of benzene rings is 2. The molecule has 0 heterocycles. The molecule has 7 heteroatoms. The highest BCUT2D eigenvalue weighted by atomic mass is 35.5. The van der Waals surface area contributed by atoms with Crippen LogP contribution in [0, 0.1) is 27.3 Å². The maximum absolute atomic E-state index is 13.4. The first-order valence-corrected chi connectivity index (χ1v) is 6.19. The maximum Gasteiger partial charge on any atom is 0.295 e. The molecule has 5 nitrogen and oxygen atoms in total. The summed E-state index contributed by atoms with van der Waals surface area (Å²) in [6, 6.07) is 10.4. The monoisotopic (exact) mass is 305 g/mol. The third kappa shape index (κ3) is 2.93. The predicted octanol–water partition coefficient (Wildman–Crippen LogP) is 4.03. The standard InChI is InChI=1S/C14H9ClFN3O2/c1-18(10-4-2-9(8-17)3-5-10)13-6-11(15)12(16)7-14(13)19(20)21/h2-7H,1H3. The molecular weight excluding hydrogens is 297 g/mol. The lowest BCUT2D eigenvalue weighted by Gasteiger charge is -2.19. The fourth-order valence-corrected chi connectivity index (χ4v) is 2.00. The van der Waals surface area contributed by atoms with Gasteiger partial charge in [0.05, 0.1) is 27.6 Å². The molecule has 0 aliphatic heterocycles. The summed E-state index contributed by atoms with van der Waals surface area (Å²) in [6.07, 6.45) is 0. The summed E-state index contributed by atoms with van der Waals surface area (Å²) < 4.78 is 13.4. The van der Waals surface area contributed by atoms with Gasteiger partial charge in [-0.25, -0.2) is 4.39 Å². The van der Waals surface area contributed by atoms with E-state index in [0.29, 0.717) is 11.3 Å². The normalized spacial score (nSPS) is 10.0. The van der Waals surface area contributed by atoms with E-state index in [2.05, 4.69) is 0 Å². The van der Waals surface area contributed by atoms with Gasteiger partial charge in [0.15, 0.2) is 0 Å². The Hall–Kier alpha value is -2.65. The van der Waals surface area contributed by atoms with Crippen LogP contribution in [0.4, 0.5) is 21.5 Å². The number of nitrogens with zero attached hydrogens (tertiary/aromatic N) is 3. The molecule has 2 rings (SSSR count). The van der Waals surface area contributed by atoms with Crippen LogP contribution in [-0.2, 0) is 0 Å². The van der Waals surface area contributed by atoms with Crippen molar-refractivity contribution in [3.8, 4) is 6.07 Å². The molecule has 106 valence electrons. The summed E-state index contributed by atoms with van der Waals surface area (Å²) in [4.78, 5) is 11.9. The Morgan fingerprint density at radius 3 is 2.48 bits per heavy atom. The molecule has 0 radical (unpaired) electrons. The minimum atomic E-state index is -0.847. The van der Waals surface area contributed by atoms with E-state index in [0.717, 1.165) is 6.07 Å². The summed E-state index contributed by atoms with van der Waals surface area (Å²) in [6.45, 7) is 0. The Balaban J connectivity index is 2.51. The molecular formula is C14H9ClFN3O2. The molecule has 0 saturated heterocycles. The smallest absolute Gasteiger partial charge is 0.295 e. The maximum atomic E-state index is 13.4. The summed E-state index contributed by atoms with van der Waals surface area (Å²) in [5.41, 5.74) is 0.860. The SMILES string of the molecule is CN(c1ccc(C#N)cc1)c1cc(Cl)c(F)cc1[N+](=O)[O-]. The van der Waals surface area contributed by atoms with Crippen molar-refractivity contribution in [1.29, 1.82) is 5.26 Å². The molecule has 0 saturated carbocycles. The average Bonchev–Trinajstić information content (AvgIpc) is 2.48. The fraction of sp³-hybridized carbons (Fsp3) is 0.0714. The molecule has 21 heavy (non-hydrogen) atoms. The second-order valence-corrected chi connectivity index (χ2v) is 4.64. The number of rotatable bonds is 3. The topological polar surface area (TPSA) is 70.2 Å². The number of nitro groups is 1. The number of hydrogen-bond acceptors (Lipinski definition) is 4. The van der Waals surface area contributed by atoms with E-state index in [1.54, 1.807) is 31.3 Å². The van der Waals surface area contributed by atoms with E-state index in [-0.39, 0.29) is 16.4 Å². The van der Waals surface area contributed by atoms with Crippen LogP contribution in [0.1, 0.15) is 5.56 Å². The van der Waals surface area contributed by atoms with Crippen LogP contribution in [0.5, 0.6) is 0 Å². The molecule has 0 aromatic heterocycles. The van der Waals surface area contributed by atoms with E-state index in [4.69, 9.17) is 16.9 Å². The van der Waals surface area contributed by atoms with Gasteiger partial charge in [0.25, 0.3) is 5.69 Å². The van der Waals surface area contributed by atoms with Crippen LogP contribution in [-0.4, -0.2) is 12.0 Å². The van der Waals surface area contributed by atoms with Crippen molar-refractivity contribution in [3.05, 3.63) is 62.9 Å². The van der Waals surface area contributed by atoms with E-state index in [1.807, 2.05) is 6.07 Å². The second kappa shape index (κ2) is 5.77. The highest BCUT2D eigenvalue weighted by Gasteiger charge is 2.21. The third-order valence-corrected chi connectivity index (χ3v) is 3.25. The number of anilines is 2. The van der Waals surface area contributed by atoms with Gasteiger partial charge in [0.2, 0.25) is 0 Å². The zero-order chi connectivity index (χ0) is 15.6. The Morgan fingerprint density at radius 2 is 1.95 bits per heavy atom. The Morgan fingerprint density at radius 1 is 1.33 bits per heavy atom. The van der Waals surface area contributed by atoms with E-state index in [1.165, 1.54) is 11.0 Å². The molecule has 0 amide bonds. The van der Waals surface area contributed by atoms with E-state index >= 15 is 0 Å². The van der Waals surface area contributed by atoms with Crippen LogP contribution in [0.3, 0.4) is 0 Å². The van der Waals surface area contributed by atoms with Crippen molar-refractivity contribution in [2.24, 2.45) is 0 Å². The van der Waals surface area contributed by atoms with Gasteiger partial charge in [-0.2, -0.15) is 5.26 Å². The molecule has 0 unspecified atom stereocenters. The Labute approximate surface area is 124 Å². The van der Waals surface area contributed by atoms with Crippen LogP contribution in [0.15, 0.2) is 36.4 Å². The number of nitriles is 1. The highest BCUT2D eigenvalue weighted by Crippen LogP contribution is 2.36. The number of hydrogen-bond donors (Lipinski definition) is 0. The van der Waals surface area contributed by atoms with Crippen LogP contribution < -0.4 is 4.90 Å². The zero-order valence-electron chi connectivity index (χ0n) is 10.9. The quantitative estimate of drug-likeness (QED) is 0.634. The fourth-order valence-electron chi connectivity index (χ4n) is 1.84. The van der Waals surface area contributed by atoms with Crippen molar-refractivity contribution >= 4 is 28.7 Å². The molecule has 0 fully saturated rings. The van der Waals surface area contributed by atoms with Crippen molar-refractivity contribution < 1.29 is 9.31 Å². The minimum absolute atomic E-state index is 0.163. The highest BCUT2D eigenvalue weighted by molar-refractivity contribution is 6.31. The van der Waals surface area contributed by atoms with Crippen molar-refractivity contribution in [1.82, 2.24) is 0 Å². The second-order valence-electron chi connectivity index (χ2n) is 4.23. The summed E-state index contributed by atoms with van der Waals surface area (Å²) in [5.74, 6) is -0.847. The molecule has 0 aliphatic rings. The predicted molar refractivity (Wildman–Crippen MR) is 77.3 cm³/mol. The van der Waals surface area contributed by atoms with Gasteiger partial charge in [-0.15, -0.1) is 0 Å². The molecule has 2 aromatic rings. The summed E-state index contributed by atoms with van der Waals surface area (Å²) in [5, 5.41) is 19.6. The van der Waals surface area contributed by atoms with Crippen molar-refractivity contribution in [2.75, 3.05) is 11.9 Å². The van der Waals surface area contributed by atoms with Crippen LogP contribution in [0.25, 0.3) is 0 Å². The molecule has 0 N–H and O–H groups in total. The van der Waals surface area contributed by atoms with E-state index < -0.39 is 10.7 Å². The van der Waals surface area contributed by atoms with Gasteiger partial charge >= 0.3 is 0 Å². The zero-order valence-corrected chi connectivity index (χ0v) is 11.6. The minimum Gasteiger partial charge on any atom is -0.339 e. The summed E-state index contributed by atoms with van der Waals surface area (Å²) in [7, 11) is 1.60. The van der Waals surface area contributed by atoms with Gasteiger partial charge in [0, 0.05) is 12.7 Å². The van der Waals surface area contributed by atoms with Gasteiger partial charge in [0.1, 0.15) is 11.5 Å². The lowest BCUT2D eigenvalue weighted by Crippen LogP contribution is -2.12. The van der Waals surface area contributed by atoms with Gasteiger partial charge in [-0.1, -0.05) is 11.6 Å². The van der Waals surface area contributed by atoms with E-state index in [9.17, 15) is 14.5 Å². The lowest BCUT2D eigenvalue weighted by molar-refractivity contribution is -0.384. The largest absolute Gasteiger partial charge is 0.339 e. The molecule has 0 spiro atoms. The lowest BCUT2D eigenvalue weighted by atomic mass is 10.2. The first kappa shape index (κ1) is 14.8. The first-order valence-electron chi connectivity index (χ1n) is 5.81.